The van der Waals surface area contributed by atoms with E-state index in [1.807, 2.05) is 85.9 Å². The van der Waals surface area contributed by atoms with E-state index < -0.39 is 96.1 Å². The van der Waals surface area contributed by atoms with E-state index in [1.165, 1.54) is 42.0 Å². The maximum atomic E-state index is 15.0. The summed E-state index contributed by atoms with van der Waals surface area (Å²) in [5, 5.41) is 4.47. The molecule has 2 heterocycles. The largest absolute Gasteiger partial charge is 0.451 e. The summed E-state index contributed by atoms with van der Waals surface area (Å²) in [5.74, 6) is -0.435. The summed E-state index contributed by atoms with van der Waals surface area (Å²) in [7, 11) is 5.58. The summed E-state index contributed by atoms with van der Waals surface area (Å²) >= 11 is 0. The molecule has 430 valence electrons. The first-order valence-corrected chi connectivity index (χ1v) is 27.8. The molecule has 0 N–H and O–H groups in total. The van der Waals surface area contributed by atoms with Crippen LogP contribution in [0.4, 0.5) is 0 Å². The molecule has 2 aromatic carbocycles. The fourth-order valence-electron chi connectivity index (χ4n) is 9.42. The molecule has 1 aliphatic carbocycles. The number of hydrogen-bond acceptors (Lipinski definition) is 13. The van der Waals surface area contributed by atoms with Gasteiger partial charge >= 0.3 is 23.9 Å². The van der Waals surface area contributed by atoms with Crippen LogP contribution < -0.4 is 0 Å². The molecule has 1 saturated carbocycles. The number of likely N-dealkylation sites (N-methyl/N-ethyl adjacent to an activating group) is 4. The molecule has 0 bridgehead atoms. The van der Waals surface area contributed by atoms with E-state index in [9.17, 15) is 33.6 Å². The van der Waals surface area contributed by atoms with Crippen LogP contribution in [0.2, 0.25) is 0 Å². The third-order valence-electron chi connectivity index (χ3n) is 14.2. The molecular weight excluding hydrogens is 1010 g/mol. The van der Waals surface area contributed by atoms with Crippen molar-refractivity contribution >= 4 is 47.5 Å². The van der Waals surface area contributed by atoms with Gasteiger partial charge in [0.25, 0.3) is 23.6 Å². The Bertz CT molecular complexity index is 2640. The van der Waals surface area contributed by atoms with E-state index in [0.717, 1.165) is 43.6 Å². The lowest BCUT2D eigenvalue weighted by Gasteiger charge is -2.35. The summed E-state index contributed by atoms with van der Waals surface area (Å²) in [5.41, 5.74) is 2.98. The first-order chi connectivity index (χ1) is 37.2. The molecular formula is C61H84N6O12. The minimum absolute atomic E-state index is 0.0872. The second-order valence-corrected chi connectivity index (χ2v) is 23.1. The van der Waals surface area contributed by atoms with Crippen molar-refractivity contribution in [1.82, 2.24) is 29.4 Å². The van der Waals surface area contributed by atoms with Crippen LogP contribution >= 0.6 is 0 Å². The molecule has 3 aromatic rings. The summed E-state index contributed by atoms with van der Waals surface area (Å²) in [6, 6.07) is 11.2. The van der Waals surface area contributed by atoms with E-state index >= 15 is 4.79 Å². The number of esters is 4. The van der Waals surface area contributed by atoms with Crippen molar-refractivity contribution in [2.45, 2.75) is 176 Å². The number of benzene rings is 2. The molecule has 1 aromatic heterocycles. The average molecular weight is 1090 g/mol. The van der Waals surface area contributed by atoms with Crippen molar-refractivity contribution in [3.63, 3.8) is 0 Å². The number of aromatic nitrogens is 2. The van der Waals surface area contributed by atoms with Crippen molar-refractivity contribution in [1.29, 1.82) is 0 Å². The molecule has 2 aliphatic rings. The van der Waals surface area contributed by atoms with Crippen molar-refractivity contribution < 1.29 is 57.3 Å². The Balaban J connectivity index is 1.56. The smallest absolute Gasteiger partial charge is 0.329 e. The monoisotopic (exact) mass is 1090 g/mol. The number of rotatable bonds is 14. The molecule has 18 nitrogen and oxygen atoms in total. The van der Waals surface area contributed by atoms with Gasteiger partial charge in [-0.15, -0.1) is 0 Å². The van der Waals surface area contributed by atoms with Crippen LogP contribution in [0.5, 0.6) is 0 Å². The van der Waals surface area contributed by atoms with Crippen molar-refractivity contribution in [2.24, 2.45) is 29.6 Å². The van der Waals surface area contributed by atoms with E-state index in [4.69, 9.17) is 18.9 Å². The van der Waals surface area contributed by atoms with Gasteiger partial charge in [0.1, 0.15) is 24.2 Å². The first kappa shape index (κ1) is 62.8. The average Bonchev–Trinajstić information content (AvgIpc) is 4.16. The number of amides is 4. The van der Waals surface area contributed by atoms with Gasteiger partial charge in [-0.1, -0.05) is 122 Å². The van der Waals surface area contributed by atoms with Crippen LogP contribution in [0.25, 0.3) is 0 Å². The van der Waals surface area contributed by atoms with Crippen LogP contribution in [0.1, 0.15) is 130 Å². The molecule has 79 heavy (non-hydrogen) atoms. The van der Waals surface area contributed by atoms with E-state index in [-0.39, 0.29) is 62.2 Å². The van der Waals surface area contributed by atoms with Crippen molar-refractivity contribution in [3.05, 3.63) is 89.2 Å². The van der Waals surface area contributed by atoms with Crippen LogP contribution in [0.15, 0.2) is 67.0 Å². The van der Waals surface area contributed by atoms with Gasteiger partial charge in [0.2, 0.25) is 0 Å². The van der Waals surface area contributed by atoms with Crippen molar-refractivity contribution in [2.75, 3.05) is 28.2 Å². The van der Waals surface area contributed by atoms with Gasteiger partial charge in [-0.05, 0) is 92.7 Å². The zero-order valence-corrected chi connectivity index (χ0v) is 48.8. The predicted octanol–water partition coefficient (Wildman–Crippen LogP) is 6.67. The lowest BCUT2D eigenvalue weighted by molar-refractivity contribution is -0.176. The Hall–Kier alpha value is -7.03. The zero-order chi connectivity index (χ0) is 58.4. The summed E-state index contributed by atoms with van der Waals surface area (Å²) in [6.45, 7) is 18.0. The van der Waals surface area contributed by atoms with E-state index in [2.05, 4.69) is 16.9 Å². The van der Waals surface area contributed by atoms with Gasteiger partial charge in [-0.25, -0.2) is 19.2 Å². The predicted molar refractivity (Wildman–Crippen MR) is 296 cm³/mol. The lowest BCUT2D eigenvalue weighted by atomic mass is 9.99. The van der Waals surface area contributed by atoms with Gasteiger partial charge in [0.15, 0.2) is 24.4 Å². The fourth-order valence-corrected chi connectivity index (χ4v) is 9.42. The molecule has 18 heteroatoms. The number of carbonyl (C=O) groups excluding carboxylic acids is 8. The van der Waals surface area contributed by atoms with Gasteiger partial charge < -0.3 is 38.5 Å². The van der Waals surface area contributed by atoms with Gasteiger partial charge in [0.05, 0.1) is 18.3 Å². The lowest BCUT2D eigenvalue weighted by Crippen LogP contribution is -2.55. The highest BCUT2D eigenvalue weighted by molar-refractivity contribution is 5.94. The number of nitrogens with zero attached hydrogens (tertiary/aromatic N) is 6. The molecule has 0 unspecified atom stereocenters. The van der Waals surface area contributed by atoms with Crippen molar-refractivity contribution in [3.8, 4) is 11.8 Å². The highest BCUT2D eigenvalue weighted by Crippen LogP contribution is 2.28. The van der Waals surface area contributed by atoms with E-state index in [1.54, 1.807) is 41.2 Å². The highest BCUT2D eigenvalue weighted by atomic mass is 16.6. The molecule has 0 spiro atoms. The maximum Gasteiger partial charge on any atom is 0.329 e. The van der Waals surface area contributed by atoms with Crippen LogP contribution in [-0.2, 0) is 76.7 Å². The SMILES string of the molecule is CC(C)C[C@H]1C(=O)O[C@H](Cc2ccc(Cn3cc(C#CC4CC4)cn3)cc2)C(=O)N(C)[C@@H](CC(C)C)C(=O)O[C@H](C)C(=O)N(C)[C@@H](CC(C)C)C(=O)O[C@H](Cc2ccccc2)C(=O)N(C)[C@@H](CC(C)C)C(=O)O[C@H](C)C(=O)N1C. The first-order valence-electron chi connectivity index (χ1n) is 27.8. The Morgan fingerprint density at radius 2 is 0.848 bits per heavy atom. The van der Waals surface area contributed by atoms with Crippen LogP contribution in [0, 0.1) is 41.4 Å². The van der Waals surface area contributed by atoms with Gasteiger partial charge in [0, 0.05) is 53.1 Å². The quantitative estimate of drug-likeness (QED) is 0.0942. The Kier molecular flexibility index (Phi) is 22.8. The molecule has 1 saturated heterocycles. The Morgan fingerprint density at radius 1 is 0.494 bits per heavy atom. The Morgan fingerprint density at radius 3 is 1.23 bits per heavy atom. The third-order valence-corrected chi connectivity index (χ3v) is 14.2. The summed E-state index contributed by atoms with van der Waals surface area (Å²) in [6.07, 6.45) is 0.0343. The number of carbonyl (C=O) groups is 8. The molecule has 2 fully saturated rings. The maximum absolute atomic E-state index is 15.0. The second kappa shape index (κ2) is 28.7. The summed E-state index contributed by atoms with van der Waals surface area (Å²) in [4.78, 5) is 121. The zero-order valence-electron chi connectivity index (χ0n) is 48.8. The molecule has 1 aliphatic heterocycles. The third kappa shape index (κ3) is 18.3. The minimum atomic E-state index is -1.54. The number of hydrogen-bond donors (Lipinski definition) is 0. The number of ether oxygens (including phenoxy) is 4. The topological polar surface area (TPSA) is 204 Å². The molecule has 5 rings (SSSR count). The standard InChI is InChI=1S/C61H84N6O12/c1-37(2)28-48-58(72)76-42(10)55(69)64(12)51(31-40(7)8)61(75)79-53(33-45-23-25-46(26-24-45)35-67-36-47(34-62-67)27-22-43-20-21-43)57(71)66(14)49(29-38(3)4)59(73)77-41(9)54(68)63(11)50(30-39(5)6)60(74)78-52(56(70)65(48)13)32-44-18-16-15-17-19-44/h15-19,23-26,34,36-43,48-53H,20-21,28-33,35H2,1-14H3/t41-,42-,48+,49+,50+,51+,52-,53-/m1/s1. The normalized spacial score (nSPS) is 24.1. The fraction of sp³-hybridized carbons (Fsp3) is 0.590. The summed E-state index contributed by atoms with van der Waals surface area (Å²) < 4.78 is 25.9. The molecule has 4 amide bonds. The highest BCUT2D eigenvalue weighted by Gasteiger charge is 2.43. The number of cyclic esters (lactones) is 4. The second-order valence-electron chi connectivity index (χ2n) is 23.1. The van der Waals surface area contributed by atoms with Crippen LogP contribution in [0.3, 0.4) is 0 Å². The molecule has 0 radical (unpaired) electrons. The molecule has 8 atom stereocenters. The minimum Gasteiger partial charge on any atom is -0.451 e. The Labute approximate surface area is 467 Å². The van der Waals surface area contributed by atoms with Gasteiger partial charge in [-0.2, -0.15) is 5.10 Å². The van der Waals surface area contributed by atoms with Crippen LogP contribution in [-0.4, -0.2) is 154 Å². The van der Waals surface area contributed by atoms with E-state index in [0.29, 0.717) is 23.6 Å². The van der Waals surface area contributed by atoms with Gasteiger partial charge in [-0.3, -0.25) is 23.9 Å².